The fraction of sp³-hybridized carbons (Fsp3) is 0.562. The number of aryl methyl sites for hydroxylation is 1. The van der Waals surface area contributed by atoms with Crippen LogP contribution in [0.15, 0.2) is 24.3 Å². The molecular weight excluding hydrogens is 309 g/mol. The molecule has 1 amide bonds. The van der Waals surface area contributed by atoms with Crippen molar-refractivity contribution in [3.8, 4) is 5.75 Å². The predicted molar refractivity (Wildman–Crippen MR) is 80.1 cm³/mol. The highest BCUT2D eigenvalue weighted by atomic mass is 19.4. The molecule has 0 aliphatic carbocycles. The number of carbonyl (C=O) groups is 1. The molecule has 1 aliphatic heterocycles. The molecule has 1 aliphatic rings. The van der Waals surface area contributed by atoms with E-state index in [0.717, 1.165) is 12.1 Å². The molecule has 4 nitrogen and oxygen atoms in total. The molecule has 1 saturated heterocycles. The Labute approximate surface area is 133 Å². The highest BCUT2D eigenvalue weighted by Crippen LogP contribution is 2.28. The van der Waals surface area contributed by atoms with Crippen LogP contribution in [-0.4, -0.2) is 35.8 Å². The predicted octanol–water partition coefficient (Wildman–Crippen LogP) is 2.52. The van der Waals surface area contributed by atoms with Crippen molar-refractivity contribution < 1.29 is 23.1 Å². The van der Waals surface area contributed by atoms with Gasteiger partial charge in [0.2, 0.25) is 0 Å². The first kappa shape index (κ1) is 17.6. The zero-order valence-corrected chi connectivity index (χ0v) is 12.7. The molecule has 0 aromatic heterocycles. The molecule has 0 spiro atoms. The molecule has 1 aromatic carbocycles. The molecule has 0 radical (unpaired) electrons. The number of nitrogens with one attached hydrogen (secondary N) is 2. The molecule has 23 heavy (non-hydrogen) atoms. The number of halogens is 3. The lowest BCUT2D eigenvalue weighted by atomic mass is 9.84. The maximum atomic E-state index is 12.6. The lowest BCUT2D eigenvalue weighted by Gasteiger charge is -2.34. The van der Waals surface area contributed by atoms with Gasteiger partial charge in [-0.3, -0.25) is 4.79 Å². The first-order valence-electron chi connectivity index (χ1n) is 7.69. The van der Waals surface area contributed by atoms with Crippen LogP contribution in [0, 0.1) is 0 Å². The van der Waals surface area contributed by atoms with E-state index in [1.807, 2.05) is 6.07 Å². The first-order valence-corrected chi connectivity index (χ1v) is 7.69. The highest BCUT2D eigenvalue weighted by Gasteiger charge is 2.43. The van der Waals surface area contributed by atoms with Gasteiger partial charge >= 0.3 is 12.1 Å². The molecule has 1 fully saturated rings. The van der Waals surface area contributed by atoms with E-state index in [1.54, 1.807) is 18.2 Å². The van der Waals surface area contributed by atoms with Crippen LogP contribution < -0.4 is 10.6 Å². The van der Waals surface area contributed by atoms with Crippen LogP contribution in [0.2, 0.25) is 0 Å². The standard InChI is InChI=1S/C16H21F3N2O2/c17-16(18,19)14(23)21-15(6-2-9-20-10-8-15)7-5-12-3-1-4-13(22)11-12/h1,3-4,11,20,22H,2,5-10H2,(H,21,23). The number of amides is 1. The van der Waals surface area contributed by atoms with Crippen molar-refractivity contribution in [3.63, 3.8) is 0 Å². The van der Waals surface area contributed by atoms with E-state index in [9.17, 15) is 23.1 Å². The van der Waals surface area contributed by atoms with Crippen LogP contribution in [-0.2, 0) is 11.2 Å². The van der Waals surface area contributed by atoms with Crippen molar-refractivity contribution in [1.29, 1.82) is 0 Å². The fourth-order valence-corrected chi connectivity index (χ4v) is 2.97. The van der Waals surface area contributed by atoms with Gasteiger partial charge in [-0.05, 0) is 62.9 Å². The maximum absolute atomic E-state index is 12.6. The van der Waals surface area contributed by atoms with E-state index < -0.39 is 17.6 Å². The van der Waals surface area contributed by atoms with E-state index in [2.05, 4.69) is 10.6 Å². The Morgan fingerprint density at radius 1 is 1.30 bits per heavy atom. The minimum Gasteiger partial charge on any atom is -0.508 e. The molecule has 1 aromatic rings. The average Bonchev–Trinajstić information content (AvgIpc) is 2.70. The van der Waals surface area contributed by atoms with Gasteiger partial charge in [-0.25, -0.2) is 0 Å². The Bertz CT molecular complexity index is 538. The Kier molecular flexibility index (Phi) is 5.51. The van der Waals surface area contributed by atoms with E-state index in [0.29, 0.717) is 38.6 Å². The zero-order chi connectivity index (χ0) is 16.9. The molecule has 7 heteroatoms. The third-order valence-corrected chi connectivity index (χ3v) is 4.23. The smallest absolute Gasteiger partial charge is 0.471 e. The van der Waals surface area contributed by atoms with Gasteiger partial charge in [-0.1, -0.05) is 12.1 Å². The van der Waals surface area contributed by atoms with Gasteiger partial charge in [0, 0.05) is 5.54 Å². The summed E-state index contributed by atoms with van der Waals surface area (Å²) in [5, 5.41) is 14.9. The molecule has 1 heterocycles. The van der Waals surface area contributed by atoms with Gasteiger partial charge < -0.3 is 15.7 Å². The Morgan fingerprint density at radius 2 is 2.09 bits per heavy atom. The second-order valence-corrected chi connectivity index (χ2v) is 6.01. The summed E-state index contributed by atoms with van der Waals surface area (Å²) in [6.07, 6.45) is -2.32. The molecular formula is C16H21F3N2O2. The fourth-order valence-electron chi connectivity index (χ4n) is 2.97. The summed E-state index contributed by atoms with van der Waals surface area (Å²) < 4.78 is 37.9. The summed E-state index contributed by atoms with van der Waals surface area (Å²) in [5.41, 5.74) is -0.0375. The minimum atomic E-state index is -4.88. The third-order valence-electron chi connectivity index (χ3n) is 4.23. The van der Waals surface area contributed by atoms with Gasteiger partial charge in [0.1, 0.15) is 5.75 Å². The Morgan fingerprint density at radius 3 is 2.78 bits per heavy atom. The van der Waals surface area contributed by atoms with E-state index in [-0.39, 0.29) is 5.75 Å². The van der Waals surface area contributed by atoms with Crippen LogP contribution in [0.3, 0.4) is 0 Å². The summed E-state index contributed by atoms with van der Waals surface area (Å²) >= 11 is 0. The quantitative estimate of drug-likeness (QED) is 0.795. The number of benzene rings is 1. The van der Waals surface area contributed by atoms with E-state index >= 15 is 0 Å². The molecule has 128 valence electrons. The number of phenols is 1. The van der Waals surface area contributed by atoms with Crippen molar-refractivity contribution in [2.45, 2.75) is 43.8 Å². The lowest BCUT2D eigenvalue weighted by Crippen LogP contribution is -2.53. The summed E-state index contributed by atoms with van der Waals surface area (Å²) in [5.74, 6) is -1.76. The number of hydrogen-bond donors (Lipinski definition) is 3. The van der Waals surface area contributed by atoms with Gasteiger partial charge in [-0.2, -0.15) is 13.2 Å². The topological polar surface area (TPSA) is 61.4 Å². The molecule has 0 bridgehead atoms. The molecule has 1 unspecified atom stereocenters. The van der Waals surface area contributed by atoms with Crippen molar-refractivity contribution in [2.75, 3.05) is 13.1 Å². The number of alkyl halides is 3. The van der Waals surface area contributed by atoms with Crippen LogP contribution in [0.4, 0.5) is 13.2 Å². The SMILES string of the molecule is O=C(NC1(CCc2cccc(O)c2)CCCNCC1)C(F)(F)F. The van der Waals surface area contributed by atoms with Gasteiger partial charge in [0.15, 0.2) is 0 Å². The van der Waals surface area contributed by atoms with Crippen LogP contribution in [0.5, 0.6) is 5.75 Å². The monoisotopic (exact) mass is 330 g/mol. The number of carbonyl (C=O) groups excluding carboxylic acids is 1. The summed E-state index contributed by atoms with van der Waals surface area (Å²) in [4.78, 5) is 11.4. The summed E-state index contributed by atoms with van der Waals surface area (Å²) in [7, 11) is 0. The van der Waals surface area contributed by atoms with Crippen molar-refractivity contribution >= 4 is 5.91 Å². The number of hydrogen-bond acceptors (Lipinski definition) is 3. The first-order chi connectivity index (χ1) is 10.8. The summed E-state index contributed by atoms with van der Waals surface area (Å²) in [6.45, 7) is 1.30. The average molecular weight is 330 g/mol. The summed E-state index contributed by atoms with van der Waals surface area (Å²) in [6, 6.07) is 6.64. The van der Waals surface area contributed by atoms with Crippen molar-refractivity contribution in [1.82, 2.24) is 10.6 Å². The Hall–Kier alpha value is -1.76. The van der Waals surface area contributed by atoms with Crippen LogP contribution >= 0.6 is 0 Å². The normalized spacial score (nSPS) is 22.4. The zero-order valence-electron chi connectivity index (χ0n) is 12.7. The Balaban J connectivity index is 2.11. The third kappa shape index (κ3) is 5.13. The van der Waals surface area contributed by atoms with E-state index in [4.69, 9.17) is 0 Å². The van der Waals surface area contributed by atoms with Gasteiger partial charge in [0.25, 0.3) is 0 Å². The van der Waals surface area contributed by atoms with E-state index in [1.165, 1.54) is 0 Å². The number of phenolic OH excluding ortho intramolecular Hbond substituents is 1. The molecule has 0 saturated carbocycles. The van der Waals surface area contributed by atoms with Gasteiger partial charge in [-0.15, -0.1) is 0 Å². The minimum absolute atomic E-state index is 0.124. The maximum Gasteiger partial charge on any atom is 0.471 e. The van der Waals surface area contributed by atoms with Crippen LogP contribution in [0.25, 0.3) is 0 Å². The second-order valence-electron chi connectivity index (χ2n) is 6.01. The van der Waals surface area contributed by atoms with Gasteiger partial charge in [0.05, 0.1) is 0 Å². The number of aromatic hydroxyl groups is 1. The molecule has 3 N–H and O–H groups in total. The second kappa shape index (κ2) is 7.21. The highest BCUT2D eigenvalue weighted by molar-refractivity contribution is 5.82. The van der Waals surface area contributed by atoms with Crippen molar-refractivity contribution in [3.05, 3.63) is 29.8 Å². The van der Waals surface area contributed by atoms with Crippen molar-refractivity contribution in [2.24, 2.45) is 0 Å². The lowest BCUT2D eigenvalue weighted by molar-refractivity contribution is -0.176. The largest absolute Gasteiger partial charge is 0.508 e. The molecule has 1 atom stereocenters. The molecule has 2 rings (SSSR count). The van der Waals surface area contributed by atoms with Crippen LogP contribution in [0.1, 0.15) is 31.2 Å². The number of rotatable bonds is 4.